The third-order valence-corrected chi connectivity index (χ3v) is 3.39. The van der Waals surface area contributed by atoms with Gasteiger partial charge in [-0.3, -0.25) is 0 Å². The van der Waals surface area contributed by atoms with Gasteiger partial charge < -0.3 is 10.1 Å². The first-order chi connectivity index (χ1) is 9.65. The van der Waals surface area contributed by atoms with E-state index in [1.54, 1.807) is 7.11 Å². The van der Waals surface area contributed by atoms with Crippen LogP contribution in [0.5, 0.6) is 0 Å². The van der Waals surface area contributed by atoms with Gasteiger partial charge in [-0.1, -0.05) is 36.7 Å². The summed E-state index contributed by atoms with van der Waals surface area (Å²) >= 11 is 6.15. The standard InChI is InChI=1S/C15H18ClN3O/c1-4-13-18-14(16)10(2)15(19-13)17-12-8-6-5-7-11(12)9-20-3/h5-8H,4,9H2,1-3H3,(H,17,18,19). The summed E-state index contributed by atoms with van der Waals surface area (Å²) in [5, 5.41) is 3.82. The first-order valence-corrected chi connectivity index (χ1v) is 6.90. The summed E-state index contributed by atoms with van der Waals surface area (Å²) in [6, 6.07) is 7.97. The Morgan fingerprint density at radius 2 is 2.00 bits per heavy atom. The van der Waals surface area contributed by atoms with Gasteiger partial charge in [-0.25, -0.2) is 9.97 Å². The number of anilines is 2. The minimum atomic E-state index is 0.489. The second-order valence-corrected chi connectivity index (χ2v) is 4.83. The average molecular weight is 292 g/mol. The number of methoxy groups -OCH3 is 1. The van der Waals surface area contributed by atoms with Crippen LogP contribution in [0.4, 0.5) is 11.5 Å². The number of nitrogens with one attached hydrogen (secondary N) is 1. The Balaban J connectivity index is 2.37. The van der Waals surface area contributed by atoms with Crippen molar-refractivity contribution in [2.75, 3.05) is 12.4 Å². The monoisotopic (exact) mass is 291 g/mol. The van der Waals surface area contributed by atoms with Gasteiger partial charge in [0.05, 0.1) is 6.61 Å². The number of hydrogen-bond acceptors (Lipinski definition) is 4. The molecule has 2 rings (SSSR count). The highest BCUT2D eigenvalue weighted by atomic mass is 35.5. The molecule has 0 aliphatic carbocycles. The Kier molecular flexibility index (Phi) is 4.93. The van der Waals surface area contributed by atoms with E-state index in [0.29, 0.717) is 11.8 Å². The molecule has 0 bridgehead atoms. The van der Waals surface area contributed by atoms with E-state index >= 15 is 0 Å². The van der Waals surface area contributed by atoms with Crippen LogP contribution in [-0.2, 0) is 17.8 Å². The van der Waals surface area contributed by atoms with E-state index in [4.69, 9.17) is 16.3 Å². The highest BCUT2D eigenvalue weighted by Crippen LogP contribution is 2.25. The summed E-state index contributed by atoms with van der Waals surface area (Å²) in [5.41, 5.74) is 2.88. The van der Waals surface area contributed by atoms with Gasteiger partial charge in [0.1, 0.15) is 16.8 Å². The van der Waals surface area contributed by atoms with E-state index in [9.17, 15) is 0 Å². The minimum absolute atomic E-state index is 0.489. The molecule has 0 unspecified atom stereocenters. The zero-order valence-corrected chi connectivity index (χ0v) is 12.7. The average Bonchev–Trinajstić information content (AvgIpc) is 2.46. The number of hydrogen-bond donors (Lipinski definition) is 1. The fraction of sp³-hybridized carbons (Fsp3) is 0.333. The Labute approximate surface area is 124 Å². The molecule has 1 aromatic heterocycles. The van der Waals surface area contributed by atoms with Gasteiger partial charge in [0.2, 0.25) is 0 Å². The number of nitrogens with zero attached hydrogens (tertiary/aromatic N) is 2. The maximum absolute atomic E-state index is 6.15. The van der Waals surface area contributed by atoms with E-state index < -0.39 is 0 Å². The van der Waals surface area contributed by atoms with Crippen molar-refractivity contribution in [2.24, 2.45) is 0 Å². The zero-order chi connectivity index (χ0) is 14.5. The predicted octanol–water partition coefficient (Wildman–Crippen LogP) is 3.89. The van der Waals surface area contributed by atoms with Crippen LogP contribution >= 0.6 is 11.6 Å². The molecule has 5 heteroatoms. The highest BCUT2D eigenvalue weighted by Gasteiger charge is 2.10. The fourth-order valence-corrected chi connectivity index (χ4v) is 2.05. The van der Waals surface area contributed by atoms with E-state index in [-0.39, 0.29) is 0 Å². The topological polar surface area (TPSA) is 47.0 Å². The lowest BCUT2D eigenvalue weighted by Gasteiger charge is -2.14. The third kappa shape index (κ3) is 3.26. The lowest BCUT2D eigenvalue weighted by atomic mass is 10.2. The molecule has 0 atom stereocenters. The van der Waals surface area contributed by atoms with Gasteiger partial charge in [0.25, 0.3) is 0 Å². The molecule has 0 fully saturated rings. The van der Waals surface area contributed by atoms with Crippen molar-refractivity contribution >= 4 is 23.1 Å². The van der Waals surface area contributed by atoms with E-state index in [2.05, 4.69) is 15.3 Å². The van der Waals surface area contributed by atoms with E-state index in [0.717, 1.165) is 34.9 Å². The highest BCUT2D eigenvalue weighted by molar-refractivity contribution is 6.30. The van der Waals surface area contributed by atoms with Gasteiger partial charge >= 0.3 is 0 Å². The van der Waals surface area contributed by atoms with Crippen LogP contribution in [0, 0.1) is 6.92 Å². The van der Waals surface area contributed by atoms with Crippen LogP contribution < -0.4 is 5.32 Å². The normalized spacial score (nSPS) is 10.6. The van der Waals surface area contributed by atoms with Crippen LogP contribution in [0.1, 0.15) is 23.9 Å². The maximum atomic E-state index is 6.15. The van der Waals surface area contributed by atoms with Gasteiger partial charge in [0, 0.05) is 30.3 Å². The maximum Gasteiger partial charge on any atom is 0.138 e. The number of aryl methyl sites for hydroxylation is 1. The smallest absolute Gasteiger partial charge is 0.138 e. The molecule has 106 valence electrons. The van der Waals surface area contributed by atoms with Crippen molar-refractivity contribution in [3.05, 3.63) is 46.4 Å². The van der Waals surface area contributed by atoms with Crippen molar-refractivity contribution in [1.29, 1.82) is 0 Å². The Morgan fingerprint density at radius 3 is 2.70 bits per heavy atom. The van der Waals surface area contributed by atoms with Crippen LogP contribution in [0.15, 0.2) is 24.3 Å². The second-order valence-electron chi connectivity index (χ2n) is 4.47. The number of ether oxygens (including phenoxy) is 1. The first-order valence-electron chi connectivity index (χ1n) is 6.52. The summed E-state index contributed by atoms with van der Waals surface area (Å²) in [5.74, 6) is 1.47. The molecule has 0 amide bonds. The van der Waals surface area contributed by atoms with Crippen LogP contribution in [-0.4, -0.2) is 17.1 Å². The van der Waals surface area contributed by atoms with Crippen molar-refractivity contribution in [1.82, 2.24) is 9.97 Å². The predicted molar refractivity (Wildman–Crippen MR) is 81.6 cm³/mol. The molecule has 0 aliphatic heterocycles. The van der Waals surface area contributed by atoms with Gasteiger partial charge in [0.15, 0.2) is 0 Å². The lowest BCUT2D eigenvalue weighted by Crippen LogP contribution is -2.05. The number of para-hydroxylation sites is 1. The second kappa shape index (κ2) is 6.68. The molecule has 1 N–H and O–H groups in total. The SMILES string of the molecule is CCc1nc(Cl)c(C)c(Nc2ccccc2COC)n1. The van der Waals surface area contributed by atoms with Crippen molar-refractivity contribution in [3.8, 4) is 0 Å². The van der Waals surface area contributed by atoms with Crippen LogP contribution in [0.3, 0.4) is 0 Å². The molecule has 20 heavy (non-hydrogen) atoms. The Morgan fingerprint density at radius 1 is 1.25 bits per heavy atom. The van der Waals surface area contributed by atoms with E-state index in [1.807, 2.05) is 38.1 Å². The van der Waals surface area contributed by atoms with Crippen molar-refractivity contribution in [2.45, 2.75) is 26.9 Å². The van der Waals surface area contributed by atoms with Crippen molar-refractivity contribution < 1.29 is 4.74 Å². The Bertz CT molecular complexity index is 602. The number of rotatable bonds is 5. The third-order valence-electron chi connectivity index (χ3n) is 3.02. The molecule has 0 radical (unpaired) electrons. The molecule has 1 heterocycles. The zero-order valence-electron chi connectivity index (χ0n) is 11.9. The lowest BCUT2D eigenvalue weighted by molar-refractivity contribution is 0.185. The number of benzene rings is 1. The van der Waals surface area contributed by atoms with Gasteiger partial charge in [-0.15, -0.1) is 0 Å². The summed E-state index contributed by atoms with van der Waals surface area (Å²) in [6.07, 6.45) is 0.744. The molecular formula is C15H18ClN3O. The fourth-order valence-electron chi connectivity index (χ4n) is 1.86. The van der Waals surface area contributed by atoms with Crippen LogP contribution in [0.2, 0.25) is 5.15 Å². The van der Waals surface area contributed by atoms with Crippen molar-refractivity contribution in [3.63, 3.8) is 0 Å². The molecular weight excluding hydrogens is 274 g/mol. The number of halogens is 1. The van der Waals surface area contributed by atoms with Crippen LogP contribution in [0.25, 0.3) is 0 Å². The molecule has 2 aromatic rings. The van der Waals surface area contributed by atoms with Gasteiger partial charge in [-0.05, 0) is 13.0 Å². The quantitative estimate of drug-likeness (QED) is 0.849. The summed E-state index contributed by atoms with van der Waals surface area (Å²) in [6.45, 7) is 4.45. The molecule has 4 nitrogen and oxygen atoms in total. The molecule has 1 aromatic carbocycles. The molecule has 0 spiro atoms. The first kappa shape index (κ1) is 14.8. The summed E-state index contributed by atoms with van der Waals surface area (Å²) < 4.78 is 5.21. The molecule has 0 saturated carbocycles. The molecule has 0 aliphatic rings. The Hall–Kier alpha value is -1.65. The largest absolute Gasteiger partial charge is 0.380 e. The number of aromatic nitrogens is 2. The van der Waals surface area contributed by atoms with Gasteiger partial charge in [-0.2, -0.15) is 0 Å². The summed E-state index contributed by atoms with van der Waals surface area (Å²) in [7, 11) is 1.68. The summed E-state index contributed by atoms with van der Waals surface area (Å²) in [4.78, 5) is 8.74. The molecule has 0 saturated heterocycles. The minimum Gasteiger partial charge on any atom is -0.380 e. The van der Waals surface area contributed by atoms with E-state index in [1.165, 1.54) is 0 Å².